The van der Waals surface area contributed by atoms with Gasteiger partial charge in [-0.15, -0.1) is 12.6 Å². The maximum absolute atomic E-state index is 13.7. The van der Waals surface area contributed by atoms with Crippen molar-refractivity contribution in [3.05, 3.63) is 185 Å². The van der Waals surface area contributed by atoms with E-state index in [1.807, 2.05) is 61.2 Å². The molecule has 1 amide bonds. The average Bonchev–Trinajstić information content (AvgIpc) is 1.60. The Morgan fingerprint density at radius 2 is 1.06 bits per heavy atom. The van der Waals surface area contributed by atoms with Gasteiger partial charge in [0, 0.05) is 126 Å². The highest BCUT2D eigenvalue weighted by molar-refractivity contribution is 7.86. The van der Waals surface area contributed by atoms with Crippen molar-refractivity contribution in [3.63, 3.8) is 0 Å². The summed E-state index contributed by atoms with van der Waals surface area (Å²) in [6.07, 6.45) is 17.1. The van der Waals surface area contributed by atoms with E-state index in [1.54, 1.807) is 6.07 Å². The van der Waals surface area contributed by atoms with Gasteiger partial charge in [-0.1, -0.05) is 113 Å². The maximum atomic E-state index is 13.7. The summed E-state index contributed by atoms with van der Waals surface area (Å²) in [5.74, 6) is -1.93. The number of unbranched alkanes of at least 4 members (excludes halogenated alkanes) is 4. The molecule has 0 saturated carbocycles. The second-order valence-electron chi connectivity index (χ2n) is 27.3. The number of carbonyl (C=O) groups is 2. The smallest absolute Gasteiger partial charge is 0.425 e. The van der Waals surface area contributed by atoms with Gasteiger partial charge in [0.1, 0.15) is 13.1 Å². The highest BCUT2D eigenvalue weighted by atomic mass is 32.2. The van der Waals surface area contributed by atoms with Crippen molar-refractivity contribution >= 4 is 109 Å². The van der Waals surface area contributed by atoms with Gasteiger partial charge in [-0.25, -0.2) is 16.8 Å². The number of carboxylic acid groups (broad SMARTS) is 1. The number of aliphatic carboxylic acids is 1. The zero-order valence-corrected chi connectivity index (χ0v) is 59.3. The van der Waals surface area contributed by atoms with E-state index in [9.17, 15) is 53.6 Å². The number of allylic oxidation sites excluding steroid dienone is 8. The molecule has 6 aromatic carbocycles. The molecule has 4 aliphatic heterocycles. The van der Waals surface area contributed by atoms with E-state index >= 15 is 0 Å². The van der Waals surface area contributed by atoms with E-state index in [1.165, 1.54) is 23.1 Å². The van der Waals surface area contributed by atoms with Gasteiger partial charge in [-0.05, 0) is 141 Å². The van der Waals surface area contributed by atoms with E-state index < -0.39 is 74.7 Å². The van der Waals surface area contributed by atoms with Crippen LogP contribution in [0.2, 0.25) is 0 Å². The number of hydrogen-bond donors (Lipinski definition) is 3. The lowest BCUT2D eigenvalue weighted by molar-refractivity contribution is -0.438. The van der Waals surface area contributed by atoms with E-state index in [4.69, 9.17) is 12.6 Å². The first-order valence-electron chi connectivity index (χ1n) is 32.6. The maximum Gasteiger partial charge on any atom is 0.425 e. The lowest BCUT2D eigenvalue weighted by atomic mass is 9.79. The molecule has 20 nitrogen and oxygen atoms in total. The monoisotopic (exact) mass is 1400 g/mol. The molecule has 0 aromatic heterocycles. The minimum absolute atomic E-state index is 0.0520. The quantitative estimate of drug-likeness (QED) is 0.0245. The summed E-state index contributed by atoms with van der Waals surface area (Å²) in [6, 6.07) is 35.9. The van der Waals surface area contributed by atoms with Crippen LogP contribution in [0.3, 0.4) is 0 Å². The number of nitrogens with one attached hydrogen (secondary N) is 1. The molecule has 10 rings (SSSR count). The van der Waals surface area contributed by atoms with Crippen LogP contribution in [0.15, 0.2) is 162 Å². The van der Waals surface area contributed by atoms with Crippen molar-refractivity contribution in [2.45, 2.75) is 153 Å². The van der Waals surface area contributed by atoms with Gasteiger partial charge in [0.25, 0.3) is 10.1 Å². The minimum atomic E-state index is -4.50. The molecule has 0 radical (unpaired) electrons. The van der Waals surface area contributed by atoms with Crippen LogP contribution in [0.25, 0.3) is 21.5 Å². The first kappa shape index (κ1) is 73.3. The number of anilines is 2. The van der Waals surface area contributed by atoms with Crippen molar-refractivity contribution in [1.29, 1.82) is 0 Å². The largest absolute Gasteiger partial charge is 0.748 e. The fraction of sp³-hybridized carbons (Fsp3) is 0.397. The molecule has 3 N–H and O–H groups in total. The summed E-state index contributed by atoms with van der Waals surface area (Å²) < 4.78 is 135. The van der Waals surface area contributed by atoms with Crippen molar-refractivity contribution in [1.82, 2.24) is 5.32 Å². The zero-order valence-electron chi connectivity index (χ0n) is 56.0. The molecule has 0 aliphatic carbocycles. The molecule has 0 unspecified atom stereocenters. The standard InChI is InChI=1S/C73H85N5O12S3.O3S/c1-70(2)56-47-50(33-37-58(56)76(43-21-45-91(82,83)84)62(70)27-19-28-63-71(3,4)57-48-53(93(88,89)90)36-40-59(57)75(63)41-18-10-12-32-67(80)81)49-74-66(79)31-11-9-17-42-77-60-38-34-51-23-13-15-25-54(51)68(60)72(5,6)64(77)29-20-30-65-73(7,8)69-55-26-16-14-24-52(55)35-39-61(69)78(65)44-22-46-92(85,86)87;1-4(2)3/h13-16,19-20,23-30,33-40,47-48H,9-12,17-18,21-22,31-32,41-46,49H2,1-8H3,(H3-2,74,79,80,81,82,83,84,85,86,87,88,89,90);. The lowest BCUT2D eigenvalue weighted by Crippen LogP contribution is -2.29. The molecule has 0 bridgehead atoms. The highest BCUT2D eigenvalue weighted by Crippen LogP contribution is 2.52. The third-order valence-corrected chi connectivity index (χ3v) is 21.7. The number of rotatable bonds is 27. The van der Waals surface area contributed by atoms with Gasteiger partial charge in [0.15, 0.2) is 11.4 Å². The van der Waals surface area contributed by atoms with Gasteiger partial charge in [-0.3, -0.25) is 14.1 Å². The van der Waals surface area contributed by atoms with E-state index in [0.29, 0.717) is 57.3 Å². The molecule has 516 valence electrons. The summed E-state index contributed by atoms with van der Waals surface area (Å²) >= 11 is 0. The number of fused-ring (bicyclic) bond motifs is 8. The Kier molecular flexibility index (Phi) is 22.1. The fourth-order valence-corrected chi connectivity index (χ4v) is 16.2. The molecule has 97 heavy (non-hydrogen) atoms. The molecule has 0 fully saturated rings. The van der Waals surface area contributed by atoms with Crippen LogP contribution in [0.1, 0.15) is 147 Å². The van der Waals surface area contributed by atoms with Crippen molar-refractivity contribution in [2.24, 2.45) is 0 Å². The molecule has 0 atom stereocenters. The number of carboxylic acids is 1. The summed E-state index contributed by atoms with van der Waals surface area (Å²) in [7, 11) is -16.5. The van der Waals surface area contributed by atoms with Gasteiger partial charge < -0.3 is 29.3 Å². The number of nitrogens with zero attached hydrogens (tertiary/aromatic N) is 4. The number of carbonyl (C=O) groups excluding carboxylic acids is 1. The SMILES string of the molecule is CC1(C)C(=CC=CC2=[N+](CCCCCC(=O)O)c3ccc(S(=O)(=O)O)cc3C2(C)C)N(CCCS(=O)(=O)[O-])c2ccc(CNC(=O)CCCCCN3/C(=C/C=C/C4=[N+](CCCS(=O)(=O)[O-])c5ccc6ccccc6c5C4(C)C)C(C)(C)c4c3ccc3ccccc43)cc21.O=S(=O)=O. The highest BCUT2D eigenvalue weighted by Gasteiger charge is 2.48. The predicted octanol–water partition coefficient (Wildman–Crippen LogP) is 11.9. The van der Waals surface area contributed by atoms with Crippen molar-refractivity contribution in [2.75, 3.05) is 47.5 Å². The van der Waals surface area contributed by atoms with Crippen molar-refractivity contribution in [3.8, 4) is 0 Å². The minimum Gasteiger partial charge on any atom is -0.748 e. The van der Waals surface area contributed by atoms with Crippen molar-refractivity contribution < 1.29 is 75.4 Å². The second-order valence-corrected chi connectivity index (χ2v) is 32.2. The first-order chi connectivity index (χ1) is 45.5. The molecular formula is C73H85N5O15S4. The molecule has 6 aromatic rings. The third-order valence-electron chi connectivity index (χ3n) is 19.2. The van der Waals surface area contributed by atoms with Gasteiger partial charge in [0.05, 0.1) is 36.0 Å². The van der Waals surface area contributed by atoms with Crippen LogP contribution in [0.4, 0.5) is 22.7 Å². The molecular weight excluding hydrogens is 1320 g/mol. The number of amides is 1. The van der Waals surface area contributed by atoms with Gasteiger partial charge >= 0.3 is 16.6 Å². The van der Waals surface area contributed by atoms with Crippen LogP contribution in [-0.4, -0.2) is 127 Å². The predicted molar refractivity (Wildman–Crippen MR) is 376 cm³/mol. The average molecular weight is 1400 g/mol. The Labute approximate surface area is 570 Å². The molecule has 0 saturated heterocycles. The summed E-state index contributed by atoms with van der Waals surface area (Å²) in [6.45, 7) is 19.2. The van der Waals surface area contributed by atoms with Crippen LogP contribution < -0.4 is 15.1 Å². The normalized spacial score (nSPS) is 17.6. The molecule has 0 spiro atoms. The fourth-order valence-electron chi connectivity index (χ4n) is 14.7. The van der Waals surface area contributed by atoms with Crippen LogP contribution in [-0.2, 0) is 78.8 Å². The summed E-state index contributed by atoms with van der Waals surface area (Å²) in [5.41, 5.74) is 10.4. The molecule has 4 aliphatic rings. The van der Waals surface area contributed by atoms with Gasteiger partial charge in [-0.2, -0.15) is 17.6 Å². The van der Waals surface area contributed by atoms with Gasteiger partial charge in [0.2, 0.25) is 17.3 Å². The summed E-state index contributed by atoms with van der Waals surface area (Å²) in [4.78, 5) is 29.1. The lowest BCUT2D eigenvalue weighted by Gasteiger charge is -2.27. The Hall–Kier alpha value is -7.97. The third kappa shape index (κ3) is 16.4. The van der Waals surface area contributed by atoms with Crippen LogP contribution in [0.5, 0.6) is 0 Å². The second kappa shape index (κ2) is 29.2. The number of benzene rings is 6. The van der Waals surface area contributed by atoms with Crippen LogP contribution >= 0.6 is 0 Å². The van der Waals surface area contributed by atoms with Crippen LogP contribution in [0, 0.1) is 0 Å². The molecule has 4 heterocycles. The Bertz CT molecular complexity index is 4770. The number of hydrogen-bond acceptors (Lipinski definition) is 15. The zero-order chi connectivity index (χ0) is 70.6. The van der Waals surface area contributed by atoms with E-state index in [2.05, 4.69) is 146 Å². The first-order valence-corrected chi connectivity index (χ1v) is 38.2. The van der Waals surface area contributed by atoms with E-state index in [-0.39, 0.29) is 48.6 Å². The summed E-state index contributed by atoms with van der Waals surface area (Å²) in [5, 5.41) is 17.0. The Morgan fingerprint density at radius 3 is 1.69 bits per heavy atom. The van der Waals surface area contributed by atoms with E-state index in [0.717, 1.165) is 91.3 Å². The Balaban J connectivity index is 0.00000268. The topological polar surface area (TPSA) is 299 Å². The molecule has 24 heteroatoms. The Morgan fingerprint density at radius 1 is 0.546 bits per heavy atom.